The maximum absolute atomic E-state index is 5.86. The molecule has 0 amide bonds. The van der Waals surface area contributed by atoms with Crippen molar-refractivity contribution in [3.8, 4) is 0 Å². The molecule has 0 spiro atoms. The highest BCUT2D eigenvalue weighted by Gasteiger charge is 2.61. The molecule has 0 aromatic carbocycles. The first kappa shape index (κ1) is 13.1. The molecule has 0 radical (unpaired) electrons. The van der Waals surface area contributed by atoms with Crippen LogP contribution in [0.2, 0.25) is 0 Å². The summed E-state index contributed by atoms with van der Waals surface area (Å²) in [6.07, 6.45) is 3.41. The summed E-state index contributed by atoms with van der Waals surface area (Å²) < 4.78 is 5.86. The summed E-state index contributed by atoms with van der Waals surface area (Å²) in [5.74, 6) is 0. The van der Waals surface area contributed by atoms with Gasteiger partial charge in [0.2, 0.25) is 0 Å². The normalized spacial score (nSPS) is 45.9. The second kappa shape index (κ2) is 4.10. The molecule has 1 heterocycles. The molecule has 2 rings (SSSR count). The molecule has 0 aromatic heterocycles. The Hall–Kier alpha value is 0.660. The lowest BCUT2D eigenvalue weighted by atomic mass is 9.75. The molecule has 16 heavy (non-hydrogen) atoms. The molecule has 2 bridgehead atoms. The second-order valence-electron chi connectivity index (χ2n) is 5.77. The van der Waals surface area contributed by atoms with Gasteiger partial charge >= 0.3 is 0 Å². The molecule has 2 N–H and O–H groups in total. The van der Waals surface area contributed by atoms with E-state index in [1.54, 1.807) is 0 Å². The van der Waals surface area contributed by atoms with Crippen molar-refractivity contribution in [3.63, 3.8) is 0 Å². The van der Waals surface area contributed by atoms with Crippen molar-refractivity contribution < 1.29 is 4.52 Å². The summed E-state index contributed by atoms with van der Waals surface area (Å²) in [4.78, 5) is 0. The van der Waals surface area contributed by atoms with E-state index < -0.39 is 6.99 Å². The van der Waals surface area contributed by atoms with E-state index in [0.29, 0.717) is 6.04 Å². The zero-order chi connectivity index (χ0) is 12.0. The molecule has 3 atom stereocenters. The lowest BCUT2D eigenvalue weighted by Crippen LogP contribution is -2.61. The third-order valence-corrected chi connectivity index (χ3v) is 7.32. The summed E-state index contributed by atoms with van der Waals surface area (Å²) in [6.45, 7) is 7.82. The first-order valence-corrected chi connectivity index (χ1v) is 8.87. The van der Waals surface area contributed by atoms with Crippen LogP contribution in [0.1, 0.15) is 47.0 Å². The first-order valence-electron chi connectivity index (χ1n) is 6.15. The maximum atomic E-state index is 5.86. The smallest absolute Gasteiger partial charge is 0.163 e. The van der Waals surface area contributed by atoms with Crippen LogP contribution >= 0.6 is 6.99 Å². The van der Waals surface area contributed by atoms with Crippen LogP contribution in [0.15, 0.2) is 0 Å². The van der Waals surface area contributed by atoms with Crippen molar-refractivity contribution in [3.05, 3.63) is 0 Å². The monoisotopic (exact) mass is 262 g/mol. The average molecular weight is 262 g/mol. The fourth-order valence-corrected chi connectivity index (χ4v) is 6.54. The lowest BCUT2D eigenvalue weighted by Gasteiger charge is -2.52. The Morgan fingerprint density at radius 3 is 2.69 bits per heavy atom. The van der Waals surface area contributed by atoms with Gasteiger partial charge in [0.25, 0.3) is 0 Å². The highest BCUT2D eigenvalue weighted by molar-refractivity contribution is 8.38. The SMILES string of the molecule is CCCO[P+]1([S-])NC2CCC(C)(N1)C2(C)C. The fraction of sp³-hybridized carbons (Fsp3) is 1.00. The number of fused-ring (bicyclic) bond motifs is 2. The zero-order valence-corrected chi connectivity index (χ0v) is 12.4. The first-order chi connectivity index (χ1) is 7.33. The van der Waals surface area contributed by atoms with Gasteiger partial charge in [0.1, 0.15) is 0 Å². The van der Waals surface area contributed by atoms with E-state index in [0.717, 1.165) is 13.0 Å². The number of hydrogen-bond acceptors (Lipinski definition) is 4. The maximum Gasteiger partial charge on any atom is 0.163 e. The van der Waals surface area contributed by atoms with Crippen molar-refractivity contribution >= 4 is 19.2 Å². The Balaban J connectivity index is 2.15. The molecule has 1 aliphatic heterocycles. The Kier molecular flexibility index (Phi) is 3.35. The van der Waals surface area contributed by atoms with Crippen molar-refractivity contribution in [2.24, 2.45) is 5.41 Å². The van der Waals surface area contributed by atoms with Crippen molar-refractivity contribution in [2.75, 3.05) is 6.61 Å². The molecule has 3 nitrogen and oxygen atoms in total. The molecule has 0 aromatic rings. The Bertz CT molecular complexity index is 289. The number of hydrogen-bond donors (Lipinski definition) is 2. The van der Waals surface area contributed by atoms with Gasteiger partial charge in [-0.05, 0) is 26.2 Å². The van der Waals surface area contributed by atoms with Gasteiger partial charge in [0.05, 0.1) is 18.2 Å². The van der Waals surface area contributed by atoms with Crippen LogP contribution in [0.3, 0.4) is 0 Å². The van der Waals surface area contributed by atoms with Crippen molar-refractivity contribution in [1.82, 2.24) is 10.2 Å². The van der Waals surface area contributed by atoms with E-state index >= 15 is 0 Å². The van der Waals surface area contributed by atoms with Crippen LogP contribution in [0, 0.1) is 5.41 Å². The van der Waals surface area contributed by atoms with E-state index in [2.05, 4.69) is 37.9 Å². The summed E-state index contributed by atoms with van der Waals surface area (Å²) in [5, 5.41) is 7.18. The van der Waals surface area contributed by atoms with Crippen LogP contribution in [-0.4, -0.2) is 18.2 Å². The molecule has 1 aliphatic carbocycles. The van der Waals surface area contributed by atoms with E-state index in [-0.39, 0.29) is 11.0 Å². The fourth-order valence-electron chi connectivity index (χ4n) is 2.78. The third-order valence-electron chi connectivity index (χ3n) is 4.42. The van der Waals surface area contributed by atoms with E-state index in [9.17, 15) is 0 Å². The van der Waals surface area contributed by atoms with Gasteiger partial charge < -0.3 is 12.2 Å². The van der Waals surface area contributed by atoms with E-state index in [1.807, 2.05) is 0 Å². The topological polar surface area (TPSA) is 33.3 Å². The molecule has 3 unspecified atom stereocenters. The predicted octanol–water partition coefficient (Wildman–Crippen LogP) is 2.78. The highest BCUT2D eigenvalue weighted by Crippen LogP contribution is 2.63. The summed E-state index contributed by atoms with van der Waals surface area (Å²) in [6, 6.07) is 0.501. The van der Waals surface area contributed by atoms with E-state index in [4.69, 9.17) is 16.8 Å². The van der Waals surface area contributed by atoms with Gasteiger partial charge in [0, 0.05) is 5.41 Å². The van der Waals surface area contributed by atoms with Crippen LogP contribution < -0.4 is 10.2 Å². The summed E-state index contributed by atoms with van der Waals surface area (Å²) >= 11 is 5.65. The Morgan fingerprint density at radius 2 is 2.12 bits per heavy atom. The van der Waals surface area contributed by atoms with Gasteiger partial charge in [-0.25, -0.2) is 4.52 Å². The summed E-state index contributed by atoms with van der Waals surface area (Å²) in [7, 11) is 0. The molecular formula is C11H23N2OPS. The molecule has 2 fully saturated rings. The van der Waals surface area contributed by atoms with Crippen LogP contribution in [0.4, 0.5) is 0 Å². The molecule has 1 saturated heterocycles. The average Bonchev–Trinajstić information content (AvgIpc) is 2.37. The molecule has 2 aliphatic rings. The van der Waals surface area contributed by atoms with Crippen molar-refractivity contribution in [1.29, 1.82) is 0 Å². The Labute approximate surface area is 105 Å². The van der Waals surface area contributed by atoms with Gasteiger partial charge in [0.15, 0.2) is 6.99 Å². The van der Waals surface area contributed by atoms with E-state index in [1.165, 1.54) is 12.8 Å². The largest absolute Gasteiger partial charge is 0.486 e. The molecular weight excluding hydrogens is 239 g/mol. The lowest BCUT2D eigenvalue weighted by molar-refractivity contribution is 0.151. The Morgan fingerprint density at radius 1 is 1.44 bits per heavy atom. The quantitative estimate of drug-likeness (QED) is 0.605. The molecule has 5 heteroatoms. The molecule has 1 saturated carbocycles. The zero-order valence-electron chi connectivity index (χ0n) is 10.7. The minimum atomic E-state index is -1.99. The predicted molar refractivity (Wildman–Crippen MR) is 72.0 cm³/mol. The minimum Gasteiger partial charge on any atom is -0.486 e. The third kappa shape index (κ3) is 1.93. The minimum absolute atomic E-state index is 0.131. The summed E-state index contributed by atoms with van der Waals surface area (Å²) in [5.41, 5.74) is 0.386. The van der Waals surface area contributed by atoms with Crippen LogP contribution in [-0.2, 0) is 16.8 Å². The standard InChI is InChI=1S/C11H23N2OPS/c1-5-8-14-15(16)12-9-6-7-11(4,13-15)10(9,2)3/h9H,5-8H2,1-4H3,(H2,12,13,16). The van der Waals surface area contributed by atoms with Crippen LogP contribution in [0.25, 0.3) is 0 Å². The van der Waals surface area contributed by atoms with Crippen LogP contribution in [0.5, 0.6) is 0 Å². The highest BCUT2D eigenvalue weighted by atomic mass is 32.7. The van der Waals surface area contributed by atoms with Gasteiger partial charge in [-0.15, -0.1) is 0 Å². The van der Waals surface area contributed by atoms with Gasteiger partial charge in [-0.3, -0.25) is 0 Å². The molecule has 94 valence electrons. The van der Waals surface area contributed by atoms with Gasteiger partial charge in [-0.1, -0.05) is 20.8 Å². The van der Waals surface area contributed by atoms with Crippen molar-refractivity contribution in [2.45, 2.75) is 58.5 Å². The number of nitrogens with one attached hydrogen (secondary N) is 2. The second-order valence-corrected chi connectivity index (χ2v) is 9.16. The number of rotatable bonds is 3. The van der Waals surface area contributed by atoms with Gasteiger partial charge in [-0.2, -0.15) is 10.2 Å².